The fraction of sp³-hybridized carbons (Fsp3) is 0.333. The Hall–Kier alpha value is -0.800. The molecule has 0 fully saturated rings. The molecular formula is C6H8F4. The third kappa shape index (κ3) is 10.2. The van der Waals surface area contributed by atoms with Crippen LogP contribution in [0.15, 0.2) is 24.6 Å². The SMILES string of the molecule is C=CC.FCC(F)=C(F)F. The second kappa shape index (κ2) is 8.20. The van der Waals surface area contributed by atoms with E-state index in [9.17, 15) is 17.6 Å². The summed E-state index contributed by atoms with van der Waals surface area (Å²) in [6.07, 6.45) is -0.831. The van der Waals surface area contributed by atoms with E-state index in [-0.39, 0.29) is 0 Å². The minimum Gasteiger partial charge on any atom is -0.243 e. The largest absolute Gasteiger partial charge is 0.304 e. The predicted molar refractivity (Wildman–Crippen MR) is 32.2 cm³/mol. The van der Waals surface area contributed by atoms with Gasteiger partial charge in [-0.15, -0.1) is 6.58 Å². The van der Waals surface area contributed by atoms with Crippen molar-refractivity contribution in [1.82, 2.24) is 0 Å². The van der Waals surface area contributed by atoms with Gasteiger partial charge in [0.15, 0.2) is 5.83 Å². The van der Waals surface area contributed by atoms with Crippen molar-refractivity contribution in [3.63, 3.8) is 0 Å². The third-order valence-electron chi connectivity index (χ3n) is 0.322. The highest BCUT2D eigenvalue weighted by Crippen LogP contribution is 2.07. The van der Waals surface area contributed by atoms with Crippen molar-refractivity contribution in [1.29, 1.82) is 0 Å². The van der Waals surface area contributed by atoms with E-state index in [1.54, 1.807) is 6.08 Å². The van der Waals surface area contributed by atoms with E-state index < -0.39 is 18.6 Å². The molecule has 0 atom stereocenters. The fourth-order valence-corrected chi connectivity index (χ4v) is 0.0505. The van der Waals surface area contributed by atoms with Crippen LogP contribution >= 0.6 is 0 Å². The molecule has 0 saturated carbocycles. The Morgan fingerprint density at radius 1 is 1.40 bits per heavy atom. The van der Waals surface area contributed by atoms with Crippen LogP contribution in [-0.2, 0) is 0 Å². The van der Waals surface area contributed by atoms with Gasteiger partial charge in [0.2, 0.25) is 0 Å². The van der Waals surface area contributed by atoms with Crippen molar-refractivity contribution in [2.75, 3.05) is 6.67 Å². The first-order valence-electron chi connectivity index (χ1n) is 2.42. The molecular weight excluding hydrogens is 148 g/mol. The number of alkyl halides is 1. The van der Waals surface area contributed by atoms with Gasteiger partial charge in [0.1, 0.15) is 6.67 Å². The smallest absolute Gasteiger partial charge is 0.243 e. The van der Waals surface area contributed by atoms with Crippen LogP contribution in [0.5, 0.6) is 0 Å². The van der Waals surface area contributed by atoms with Gasteiger partial charge in [-0.25, -0.2) is 8.78 Å². The van der Waals surface area contributed by atoms with Crippen molar-refractivity contribution in [3.8, 4) is 0 Å². The maximum Gasteiger partial charge on any atom is 0.304 e. The molecule has 0 bridgehead atoms. The monoisotopic (exact) mass is 156 g/mol. The van der Waals surface area contributed by atoms with Crippen LogP contribution < -0.4 is 0 Å². The van der Waals surface area contributed by atoms with Crippen LogP contribution in [0.3, 0.4) is 0 Å². The third-order valence-corrected chi connectivity index (χ3v) is 0.322. The Kier molecular flexibility index (Phi) is 9.79. The van der Waals surface area contributed by atoms with Crippen LogP contribution in [0.25, 0.3) is 0 Å². The molecule has 0 nitrogen and oxygen atoms in total. The Bertz CT molecular complexity index is 113. The van der Waals surface area contributed by atoms with Gasteiger partial charge in [-0.05, 0) is 6.92 Å². The molecule has 0 spiro atoms. The van der Waals surface area contributed by atoms with Gasteiger partial charge >= 0.3 is 6.08 Å². The molecule has 0 aliphatic rings. The first kappa shape index (κ1) is 11.9. The minimum atomic E-state index is -2.58. The topological polar surface area (TPSA) is 0 Å². The van der Waals surface area contributed by atoms with Gasteiger partial charge in [-0.2, -0.15) is 8.78 Å². The van der Waals surface area contributed by atoms with E-state index in [2.05, 4.69) is 6.58 Å². The zero-order valence-electron chi connectivity index (χ0n) is 5.50. The quantitative estimate of drug-likeness (QED) is 0.404. The number of allylic oxidation sites excluding steroid dienone is 2. The molecule has 0 aromatic heterocycles. The average Bonchev–Trinajstić information content (AvgIpc) is 1.88. The molecule has 4 heteroatoms. The molecule has 60 valence electrons. The highest BCUT2D eigenvalue weighted by Gasteiger charge is 2.00. The Labute approximate surface area is 56.9 Å². The van der Waals surface area contributed by atoms with Gasteiger partial charge in [0.25, 0.3) is 0 Å². The first-order valence-corrected chi connectivity index (χ1v) is 2.42. The van der Waals surface area contributed by atoms with Gasteiger partial charge in [0.05, 0.1) is 0 Å². The second-order valence-corrected chi connectivity index (χ2v) is 1.21. The summed E-state index contributed by atoms with van der Waals surface area (Å²) in [5.74, 6) is -1.99. The summed E-state index contributed by atoms with van der Waals surface area (Å²) in [6, 6.07) is 0. The van der Waals surface area contributed by atoms with Crippen molar-refractivity contribution in [2.45, 2.75) is 6.92 Å². The molecule has 10 heavy (non-hydrogen) atoms. The zero-order chi connectivity index (χ0) is 8.57. The Balaban J connectivity index is 0. The summed E-state index contributed by atoms with van der Waals surface area (Å²) in [6.45, 7) is 3.53. The lowest BCUT2D eigenvalue weighted by Crippen LogP contribution is -1.74. The molecule has 0 aromatic carbocycles. The molecule has 0 unspecified atom stereocenters. The summed E-state index contributed by atoms with van der Waals surface area (Å²) in [4.78, 5) is 0. The number of hydrogen-bond acceptors (Lipinski definition) is 0. The van der Waals surface area contributed by atoms with Crippen molar-refractivity contribution >= 4 is 0 Å². The summed E-state index contributed by atoms with van der Waals surface area (Å²) in [5, 5.41) is 0. The average molecular weight is 156 g/mol. The van der Waals surface area contributed by atoms with Crippen molar-refractivity contribution in [2.24, 2.45) is 0 Å². The highest BCUT2D eigenvalue weighted by molar-refractivity contribution is 4.90. The maximum atomic E-state index is 11.0. The van der Waals surface area contributed by atoms with Crippen LogP contribution in [0.2, 0.25) is 0 Å². The van der Waals surface area contributed by atoms with Gasteiger partial charge in [0, 0.05) is 0 Å². The molecule has 0 aromatic rings. The van der Waals surface area contributed by atoms with E-state index in [1.807, 2.05) is 6.92 Å². The lowest BCUT2D eigenvalue weighted by atomic mass is 10.6. The number of rotatable bonds is 1. The normalized spacial score (nSPS) is 7.30. The second-order valence-electron chi connectivity index (χ2n) is 1.21. The fourth-order valence-electron chi connectivity index (χ4n) is 0.0505. The first-order chi connectivity index (χ1) is 4.59. The molecule has 0 rings (SSSR count). The number of halogens is 4. The molecule has 0 heterocycles. The Morgan fingerprint density at radius 2 is 1.70 bits per heavy atom. The summed E-state index contributed by atoms with van der Waals surface area (Å²) in [5.41, 5.74) is 0. The summed E-state index contributed by atoms with van der Waals surface area (Å²) in [7, 11) is 0. The van der Waals surface area contributed by atoms with Gasteiger partial charge in [-0.1, -0.05) is 6.08 Å². The van der Waals surface area contributed by atoms with Crippen LogP contribution in [-0.4, -0.2) is 6.67 Å². The molecule has 0 radical (unpaired) electrons. The Morgan fingerprint density at radius 3 is 1.70 bits per heavy atom. The lowest BCUT2D eigenvalue weighted by molar-refractivity contribution is 0.348. The van der Waals surface area contributed by atoms with E-state index in [1.165, 1.54) is 0 Å². The lowest BCUT2D eigenvalue weighted by Gasteiger charge is -1.79. The molecule has 0 saturated heterocycles. The van der Waals surface area contributed by atoms with Crippen molar-refractivity contribution in [3.05, 3.63) is 24.6 Å². The summed E-state index contributed by atoms with van der Waals surface area (Å²) >= 11 is 0. The van der Waals surface area contributed by atoms with Crippen LogP contribution in [0, 0.1) is 0 Å². The summed E-state index contributed by atoms with van der Waals surface area (Å²) < 4.78 is 43.1. The standard InChI is InChI=1S/C3H2F4.C3H6/c4-1-2(5)3(6)7;1-3-2/h1H2;3H,1H2,2H3. The highest BCUT2D eigenvalue weighted by atomic mass is 19.3. The van der Waals surface area contributed by atoms with Gasteiger partial charge < -0.3 is 0 Å². The zero-order valence-corrected chi connectivity index (χ0v) is 5.50. The minimum absolute atomic E-state index is 1.72. The van der Waals surface area contributed by atoms with Gasteiger partial charge in [-0.3, -0.25) is 0 Å². The van der Waals surface area contributed by atoms with Crippen molar-refractivity contribution < 1.29 is 17.6 Å². The van der Waals surface area contributed by atoms with E-state index in [0.29, 0.717) is 0 Å². The maximum absolute atomic E-state index is 11.0. The van der Waals surface area contributed by atoms with Crippen LogP contribution in [0.1, 0.15) is 6.92 Å². The van der Waals surface area contributed by atoms with Crippen LogP contribution in [0.4, 0.5) is 17.6 Å². The van der Waals surface area contributed by atoms with E-state index in [0.717, 1.165) is 0 Å². The predicted octanol–water partition coefficient (Wildman–Crippen LogP) is 3.23. The van der Waals surface area contributed by atoms with E-state index in [4.69, 9.17) is 0 Å². The molecule has 0 amide bonds. The molecule has 0 aliphatic carbocycles. The van der Waals surface area contributed by atoms with E-state index >= 15 is 0 Å². The molecule has 0 aliphatic heterocycles. The molecule has 0 N–H and O–H groups in total. The number of hydrogen-bond donors (Lipinski definition) is 0.